The molecule has 0 bridgehead atoms. The highest BCUT2D eigenvalue weighted by Crippen LogP contribution is 2.13. The molecule has 1 aliphatic heterocycles. The highest BCUT2D eigenvalue weighted by atomic mass is 16.5. The van der Waals surface area contributed by atoms with E-state index in [2.05, 4.69) is 15.4 Å². The normalized spacial score (nSPS) is 16.6. The lowest BCUT2D eigenvalue weighted by atomic mass is 10.2. The number of amides is 1. The monoisotopic (exact) mass is 265 g/mol. The largest absolute Gasteiger partial charge is 0.396 e. The average Bonchev–Trinajstić information content (AvgIpc) is 2.40. The molecule has 2 heterocycles. The fraction of sp³-hybridized carbons (Fsp3) is 0.583. The Balaban J connectivity index is 2.11. The zero-order chi connectivity index (χ0) is 13.8. The summed E-state index contributed by atoms with van der Waals surface area (Å²) >= 11 is 0. The third-order valence-electron chi connectivity index (χ3n) is 2.84. The number of nitrogens with two attached hydrogens (primary N) is 1. The molecule has 1 aromatic heterocycles. The second kappa shape index (κ2) is 5.94. The summed E-state index contributed by atoms with van der Waals surface area (Å²) in [7, 11) is 0. The maximum Gasteiger partial charge on any atom is 0.286 e. The molecular formula is C12H19N5O2. The van der Waals surface area contributed by atoms with Crippen LogP contribution in [0.4, 0.5) is 5.69 Å². The van der Waals surface area contributed by atoms with Crippen molar-refractivity contribution in [3.8, 4) is 0 Å². The number of nitrogens with one attached hydrogen (secondary N) is 1. The van der Waals surface area contributed by atoms with Crippen LogP contribution in [0.15, 0.2) is 6.20 Å². The Kier molecular flexibility index (Phi) is 4.28. The molecule has 1 aromatic rings. The molecule has 1 aliphatic rings. The van der Waals surface area contributed by atoms with Gasteiger partial charge in [0, 0.05) is 19.0 Å². The molecule has 0 spiro atoms. The van der Waals surface area contributed by atoms with Gasteiger partial charge in [0.05, 0.1) is 25.1 Å². The van der Waals surface area contributed by atoms with Crippen molar-refractivity contribution in [2.45, 2.75) is 19.8 Å². The van der Waals surface area contributed by atoms with Crippen molar-refractivity contribution >= 4 is 11.6 Å². The Morgan fingerprint density at radius 1 is 1.47 bits per heavy atom. The van der Waals surface area contributed by atoms with Crippen LogP contribution in [0.2, 0.25) is 0 Å². The van der Waals surface area contributed by atoms with Gasteiger partial charge in [-0.05, 0) is 0 Å². The van der Waals surface area contributed by atoms with Crippen LogP contribution in [0.5, 0.6) is 0 Å². The summed E-state index contributed by atoms with van der Waals surface area (Å²) in [5, 5.41) is 1.81. The molecule has 1 saturated heterocycles. The van der Waals surface area contributed by atoms with Crippen LogP contribution in [-0.4, -0.2) is 47.2 Å². The van der Waals surface area contributed by atoms with Crippen molar-refractivity contribution < 1.29 is 9.53 Å². The molecule has 0 radical (unpaired) electrons. The zero-order valence-corrected chi connectivity index (χ0v) is 11.2. The SMILES string of the molecule is CC(C)c1ncc(N)c(C(=O)NN2CCOCC2)n1. The predicted octanol–water partition coefficient (Wildman–Crippen LogP) is 0.159. The standard InChI is InChI=1S/C12H19N5O2/c1-8(2)11-14-7-9(13)10(15-11)12(18)16-17-3-5-19-6-4-17/h7-8H,3-6,13H2,1-2H3,(H,16,18). The van der Waals surface area contributed by atoms with E-state index in [4.69, 9.17) is 10.5 Å². The van der Waals surface area contributed by atoms with Gasteiger partial charge in [0.2, 0.25) is 0 Å². The highest BCUT2D eigenvalue weighted by molar-refractivity contribution is 5.96. The maximum absolute atomic E-state index is 12.1. The number of hydrogen-bond donors (Lipinski definition) is 2. The number of rotatable bonds is 3. The first kappa shape index (κ1) is 13.7. The van der Waals surface area contributed by atoms with Gasteiger partial charge in [-0.15, -0.1) is 0 Å². The molecule has 104 valence electrons. The third kappa shape index (κ3) is 3.39. The number of anilines is 1. The van der Waals surface area contributed by atoms with Crippen LogP contribution in [0.3, 0.4) is 0 Å². The van der Waals surface area contributed by atoms with Gasteiger partial charge in [0.1, 0.15) is 5.82 Å². The average molecular weight is 265 g/mol. The molecule has 0 atom stereocenters. The summed E-state index contributed by atoms with van der Waals surface area (Å²) in [4.78, 5) is 20.5. The van der Waals surface area contributed by atoms with Crippen LogP contribution in [0.1, 0.15) is 36.1 Å². The van der Waals surface area contributed by atoms with Gasteiger partial charge in [-0.3, -0.25) is 10.2 Å². The van der Waals surface area contributed by atoms with E-state index in [1.807, 2.05) is 18.9 Å². The van der Waals surface area contributed by atoms with Crippen LogP contribution < -0.4 is 11.2 Å². The van der Waals surface area contributed by atoms with Crippen molar-refractivity contribution in [1.82, 2.24) is 20.4 Å². The minimum Gasteiger partial charge on any atom is -0.396 e. The Morgan fingerprint density at radius 3 is 2.79 bits per heavy atom. The molecule has 19 heavy (non-hydrogen) atoms. The number of nitrogens with zero attached hydrogens (tertiary/aromatic N) is 3. The Bertz CT molecular complexity index is 457. The van der Waals surface area contributed by atoms with Gasteiger partial charge >= 0.3 is 0 Å². The van der Waals surface area contributed by atoms with E-state index in [0.29, 0.717) is 32.1 Å². The zero-order valence-electron chi connectivity index (χ0n) is 11.2. The number of carbonyl (C=O) groups excluding carboxylic acids is 1. The van der Waals surface area contributed by atoms with E-state index in [1.54, 1.807) is 0 Å². The fourth-order valence-corrected chi connectivity index (χ4v) is 1.74. The van der Waals surface area contributed by atoms with Gasteiger partial charge in [0.25, 0.3) is 5.91 Å². The van der Waals surface area contributed by atoms with E-state index < -0.39 is 0 Å². The quantitative estimate of drug-likeness (QED) is 0.808. The van der Waals surface area contributed by atoms with Gasteiger partial charge in [-0.1, -0.05) is 13.8 Å². The minimum atomic E-state index is -0.302. The van der Waals surface area contributed by atoms with E-state index in [0.717, 1.165) is 0 Å². The Labute approximate surface area is 112 Å². The molecule has 2 rings (SSSR count). The molecule has 1 fully saturated rings. The first-order chi connectivity index (χ1) is 9.08. The predicted molar refractivity (Wildman–Crippen MR) is 70.4 cm³/mol. The summed E-state index contributed by atoms with van der Waals surface area (Å²) in [5.41, 5.74) is 9.07. The number of ether oxygens (including phenoxy) is 1. The number of aromatic nitrogens is 2. The lowest BCUT2D eigenvalue weighted by Gasteiger charge is -2.26. The molecule has 7 heteroatoms. The second-order valence-corrected chi connectivity index (χ2v) is 4.73. The fourth-order valence-electron chi connectivity index (χ4n) is 1.74. The Hall–Kier alpha value is -1.73. The van der Waals surface area contributed by atoms with E-state index in [1.165, 1.54) is 6.20 Å². The highest BCUT2D eigenvalue weighted by Gasteiger charge is 2.18. The van der Waals surface area contributed by atoms with E-state index in [9.17, 15) is 4.79 Å². The molecule has 0 saturated carbocycles. The summed E-state index contributed by atoms with van der Waals surface area (Å²) < 4.78 is 5.22. The molecule has 0 aliphatic carbocycles. The Morgan fingerprint density at radius 2 is 2.16 bits per heavy atom. The molecular weight excluding hydrogens is 246 g/mol. The number of morpholine rings is 1. The lowest BCUT2D eigenvalue weighted by Crippen LogP contribution is -2.48. The first-order valence-corrected chi connectivity index (χ1v) is 6.34. The van der Waals surface area contributed by atoms with Crippen LogP contribution >= 0.6 is 0 Å². The molecule has 0 unspecified atom stereocenters. The van der Waals surface area contributed by atoms with Crippen LogP contribution in [0.25, 0.3) is 0 Å². The third-order valence-corrected chi connectivity index (χ3v) is 2.84. The van der Waals surface area contributed by atoms with Crippen molar-refractivity contribution in [2.24, 2.45) is 0 Å². The molecule has 3 N–H and O–H groups in total. The minimum absolute atomic E-state index is 0.149. The first-order valence-electron chi connectivity index (χ1n) is 6.34. The molecule has 7 nitrogen and oxygen atoms in total. The van der Waals surface area contributed by atoms with Crippen molar-refractivity contribution in [3.05, 3.63) is 17.7 Å². The summed E-state index contributed by atoms with van der Waals surface area (Å²) in [6.07, 6.45) is 1.48. The number of hydrogen-bond acceptors (Lipinski definition) is 6. The van der Waals surface area contributed by atoms with Gasteiger partial charge in [-0.25, -0.2) is 15.0 Å². The van der Waals surface area contributed by atoms with E-state index in [-0.39, 0.29) is 23.2 Å². The lowest BCUT2D eigenvalue weighted by molar-refractivity contribution is 0.0125. The van der Waals surface area contributed by atoms with E-state index >= 15 is 0 Å². The summed E-state index contributed by atoms with van der Waals surface area (Å²) in [5.74, 6) is 0.459. The van der Waals surface area contributed by atoms with Gasteiger partial charge < -0.3 is 10.5 Å². The smallest absolute Gasteiger partial charge is 0.286 e. The number of hydrazine groups is 1. The van der Waals surface area contributed by atoms with Crippen LogP contribution in [0, 0.1) is 0 Å². The molecule has 0 aromatic carbocycles. The van der Waals surface area contributed by atoms with Crippen LogP contribution in [-0.2, 0) is 4.74 Å². The van der Waals surface area contributed by atoms with Gasteiger partial charge in [0.15, 0.2) is 5.69 Å². The number of nitrogen functional groups attached to an aromatic ring is 1. The number of carbonyl (C=O) groups is 1. The van der Waals surface area contributed by atoms with Gasteiger partial charge in [-0.2, -0.15) is 0 Å². The topological polar surface area (TPSA) is 93.4 Å². The maximum atomic E-state index is 12.1. The summed E-state index contributed by atoms with van der Waals surface area (Å²) in [6.45, 7) is 6.47. The van der Waals surface area contributed by atoms with Crippen molar-refractivity contribution in [2.75, 3.05) is 32.0 Å². The molecule has 1 amide bonds. The van der Waals surface area contributed by atoms with Crippen molar-refractivity contribution in [1.29, 1.82) is 0 Å². The summed E-state index contributed by atoms with van der Waals surface area (Å²) in [6, 6.07) is 0. The van der Waals surface area contributed by atoms with Crippen molar-refractivity contribution in [3.63, 3.8) is 0 Å². The second-order valence-electron chi connectivity index (χ2n) is 4.73.